The Morgan fingerprint density at radius 1 is 1.03 bits per heavy atom. The molecule has 31 heavy (non-hydrogen) atoms. The number of fused-ring (bicyclic) bond motifs is 4. The third-order valence-electron chi connectivity index (χ3n) is 5.71. The Balaban J connectivity index is 1.30. The van der Waals surface area contributed by atoms with E-state index in [1.54, 1.807) is 6.07 Å². The van der Waals surface area contributed by atoms with Gasteiger partial charge < -0.3 is 19.9 Å². The normalized spacial score (nSPS) is 13.1. The number of rotatable bonds is 5. The lowest BCUT2D eigenvalue weighted by atomic mass is 10.0. The van der Waals surface area contributed by atoms with Gasteiger partial charge in [-0.1, -0.05) is 18.2 Å². The highest BCUT2D eigenvalue weighted by atomic mass is 16.5. The first kappa shape index (κ1) is 19.2. The largest absolute Gasteiger partial charge is 0.484 e. The number of hydrogen-bond donors (Lipinski definition) is 2. The van der Waals surface area contributed by atoms with Gasteiger partial charge in [-0.25, -0.2) is 0 Å². The molecule has 2 amide bonds. The van der Waals surface area contributed by atoms with E-state index in [-0.39, 0.29) is 18.4 Å². The summed E-state index contributed by atoms with van der Waals surface area (Å²) in [5.74, 6) is 0.427. The molecule has 0 radical (unpaired) electrons. The number of para-hydroxylation sites is 1. The number of nitrogens with one attached hydrogen (secondary N) is 2. The van der Waals surface area contributed by atoms with Gasteiger partial charge in [-0.3, -0.25) is 9.59 Å². The van der Waals surface area contributed by atoms with Crippen LogP contribution in [0.25, 0.3) is 21.8 Å². The number of aryl methyl sites for hydroxylation is 2. The zero-order valence-electron chi connectivity index (χ0n) is 17.3. The molecular weight excluding hydrogens is 390 g/mol. The summed E-state index contributed by atoms with van der Waals surface area (Å²) in [6, 6.07) is 19.8. The summed E-state index contributed by atoms with van der Waals surface area (Å²) in [5, 5.41) is 8.07. The average molecular weight is 413 g/mol. The third kappa shape index (κ3) is 3.61. The monoisotopic (exact) mass is 413 g/mol. The van der Waals surface area contributed by atoms with E-state index in [0.717, 1.165) is 34.4 Å². The van der Waals surface area contributed by atoms with Crippen LogP contribution in [0.3, 0.4) is 0 Å². The van der Waals surface area contributed by atoms with Crippen molar-refractivity contribution in [1.82, 2.24) is 4.57 Å². The smallest absolute Gasteiger partial charge is 0.262 e. The highest BCUT2D eigenvalue weighted by Gasteiger charge is 2.16. The van der Waals surface area contributed by atoms with Gasteiger partial charge in [-0.05, 0) is 61.4 Å². The lowest BCUT2D eigenvalue weighted by Crippen LogP contribution is -2.21. The quantitative estimate of drug-likeness (QED) is 0.497. The third-order valence-corrected chi connectivity index (χ3v) is 5.71. The van der Waals surface area contributed by atoms with Crippen molar-refractivity contribution in [2.24, 2.45) is 0 Å². The first-order valence-corrected chi connectivity index (χ1v) is 10.5. The highest BCUT2D eigenvalue weighted by Crippen LogP contribution is 2.31. The fourth-order valence-corrected chi connectivity index (χ4v) is 4.27. The van der Waals surface area contributed by atoms with Crippen molar-refractivity contribution in [2.75, 3.05) is 17.2 Å². The number of amides is 2. The van der Waals surface area contributed by atoms with Crippen molar-refractivity contribution in [3.63, 3.8) is 0 Å². The summed E-state index contributed by atoms with van der Waals surface area (Å²) < 4.78 is 7.96. The lowest BCUT2D eigenvalue weighted by Gasteiger charge is -2.17. The molecule has 6 nitrogen and oxygen atoms in total. The van der Waals surface area contributed by atoms with Crippen molar-refractivity contribution in [3.8, 4) is 5.75 Å². The molecule has 2 heterocycles. The molecule has 0 atom stereocenters. The van der Waals surface area contributed by atoms with E-state index in [0.29, 0.717) is 18.6 Å². The Hall–Kier alpha value is -3.80. The minimum atomic E-state index is -0.218. The molecule has 4 aromatic rings. The van der Waals surface area contributed by atoms with Crippen molar-refractivity contribution in [3.05, 3.63) is 66.2 Å². The van der Waals surface area contributed by atoms with Crippen LogP contribution < -0.4 is 15.4 Å². The second kappa shape index (κ2) is 7.80. The molecule has 1 aliphatic rings. The van der Waals surface area contributed by atoms with E-state index in [1.165, 1.54) is 10.9 Å². The van der Waals surface area contributed by atoms with Crippen molar-refractivity contribution >= 4 is 45.0 Å². The van der Waals surface area contributed by atoms with Crippen molar-refractivity contribution < 1.29 is 14.3 Å². The molecule has 0 spiro atoms. The van der Waals surface area contributed by atoms with E-state index in [2.05, 4.69) is 34.3 Å². The van der Waals surface area contributed by atoms with Crippen LogP contribution in [0.2, 0.25) is 0 Å². The van der Waals surface area contributed by atoms with E-state index >= 15 is 0 Å². The molecule has 0 bridgehead atoms. The zero-order valence-corrected chi connectivity index (χ0v) is 17.3. The standard InChI is InChI=1S/C25H23N3O3/c1-2-28-22-6-4-3-5-19(22)20-14-17(8-11-23(20)28)26-25(30)15-31-18-9-10-21-16(13-18)7-12-24(29)27-21/h3-6,8-11,13-14H,2,7,12,15H2,1H3,(H,26,30)(H,27,29). The number of hydrogen-bond acceptors (Lipinski definition) is 3. The van der Waals surface area contributed by atoms with Crippen LogP contribution >= 0.6 is 0 Å². The Bertz CT molecular complexity index is 1320. The van der Waals surface area contributed by atoms with Crippen LogP contribution in [-0.4, -0.2) is 23.0 Å². The van der Waals surface area contributed by atoms with Crippen LogP contribution in [0.4, 0.5) is 11.4 Å². The van der Waals surface area contributed by atoms with Gasteiger partial charge in [0.15, 0.2) is 6.61 Å². The van der Waals surface area contributed by atoms with Crippen molar-refractivity contribution in [1.29, 1.82) is 0 Å². The zero-order chi connectivity index (χ0) is 21.4. The fourth-order valence-electron chi connectivity index (χ4n) is 4.27. The predicted molar refractivity (Wildman–Crippen MR) is 123 cm³/mol. The second-order valence-corrected chi connectivity index (χ2v) is 7.70. The number of nitrogens with zero attached hydrogens (tertiary/aromatic N) is 1. The summed E-state index contributed by atoms with van der Waals surface area (Å²) in [4.78, 5) is 24.0. The number of carbonyl (C=O) groups excluding carboxylic acids is 2. The Labute approximate surface area is 179 Å². The lowest BCUT2D eigenvalue weighted by molar-refractivity contribution is -0.118. The van der Waals surface area contributed by atoms with Crippen LogP contribution in [0.1, 0.15) is 18.9 Å². The van der Waals surface area contributed by atoms with Crippen LogP contribution in [0, 0.1) is 0 Å². The average Bonchev–Trinajstić information content (AvgIpc) is 3.10. The number of anilines is 2. The van der Waals surface area contributed by atoms with Crippen LogP contribution in [0.15, 0.2) is 60.7 Å². The van der Waals surface area contributed by atoms with Crippen LogP contribution in [-0.2, 0) is 22.6 Å². The highest BCUT2D eigenvalue weighted by molar-refractivity contribution is 6.09. The number of ether oxygens (including phenoxy) is 1. The van der Waals surface area contributed by atoms with E-state index < -0.39 is 0 Å². The van der Waals surface area contributed by atoms with Gasteiger partial charge in [-0.15, -0.1) is 0 Å². The minimum Gasteiger partial charge on any atom is -0.484 e. The molecule has 0 unspecified atom stereocenters. The molecule has 3 aromatic carbocycles. The maximum absolute atomic E-state index is 12.5. The SMILES string of the molecule is CCn1c2ccccc2c2cc(NC(=O)COc3ccc4c(c3)CCC(=O)N4)ccc21. The molecule has 0 saturated heterocycles. The van der Waals surface area contributed by atoms with Crippen molar-refractivity contribution in [2.45, 2.75) is 26.3 Å². The molecule has 0 fully saturated rings. The first-order chi connectivity index (χ1) is 15.1. The number of carbonyl (C=O) groups is 2. The van der Waals surface area contributed by atoms with Gasteiger partial charge in [0.1, 0.15) is 5.75 Å². The summed E-state index contributed by atoms with van der Waals surface area (Å²) in [7, 11) is 0. The molecule has 156 valence electrons. The molecule has 2 N–H and O–H groups in total. The summed E-state index contributed by atoms with van der Waals surface area (Å²) in [6.45, 7) is 2.93. The van der Waals surface area contributed by atoms with E-state index in [4.69, 9.17) is 4.74 Å². The molecular formula is C25H23N3O3. The molecule has 5 rings (SSSR count). The van der Waals surface area contributed by atoms with E-state index in [9.17, 15) is 9.59 Å². The fraction of sp³-hybridized carbons (Fsp3) is 0.200. The number of aromatic nitrogens is 1. The Morgan fingerprint density at radius 3 is 2.74 bits per heavy atom. The predicted octanol–water partition coefficient (Wildman–Crippen LogP) is 4.72. The van der Waals surface area contributed by atoms with Gasteiger partial charge in [-0.2, -0.15) is 0 Å². The van der Waals surface area contributed by atoms with Gasteiger partial charge in [0.2, 0.25) is 5.91 Å². The molecule has 6 heteroatoms. The van der Waals surface area contributed by atoms with Gasteiger partial charge in [0, 0.05) is 46.1 Å². The maximum Gasteiger partial charge on any atom is 0.262 e. The van der Waals surface area contributed by atoms with Crippen LogP contribution in [0.5, 0.6) is 5.75 Å². The topological polar surface area (TPSA) is 72.4 Å². The second-order valence-electron chi connectivity index (χ2n) is 7.70. The van der Waals surface area contributed by atoms with E-state index in [1.807, 2.05) is 42.5 Å². The first-order valence-electron chi connectivity index (χ1n) is 10.5. The summed E-state index contributed by atoms with van der Waals surface area (Å²) in [6.07, 6.45) is 1.14. The summed E-state index contributed by atoms with van der Waals surface area (Å²) in [5.41, 5.74) is 4.92. The Kier molecular flexibility index (Phi) is 4.82. The maximum atomic E-state index is 12.5. The summed E-state index contributed by atoms with van der Waals surface area (Å²) >= 11 is 0. The van der Waals surface area contributed by atoms with Gasteiger partial charge >= 0.3 is 0 Å². The number of benzene rings is 3. The molecule has 0 aliphatic carbocycles. The minimum absolute atomic E-state index is 0.0274. The molecule has 0 saturated carbocycles. The molecule has 1 aromatic heterocycles. The molecule has 1 aliphatic heterocycles. The van der Waals surface area contributed by atoms with Gasteiger partial charge in [0.05, 0.1) is 0 Å². The van der Waals surface area contributed by atoms with Gasteiger partial charge in [0.25, 0.3) is 5.91 Å². The Morgan fingerprint density at radius 2 is 1.87 bits per heavy atom.